The van der Waals surface area contributed by atoms with E-state index in [0.29, 0.717) is 23.0 Å². The number of thiazole rings is 1. The summed E-state index contributed by atoms with van der Waals surface area (Å²) in [4.78, 5) is 28.9. The third-order valence-electron chi connectivity index (χ3n) is 3.27. The molecule has 0 spiro atoms. The van der Waals surface area contributed by atoms with Crippen molar-refractivity contribution in [2.75, 3.05) is 11.9 Å². The number of anilines is 1. The topological polar surface area (TPSA) is 85.1 Å². The fourth-order valence-electron chi connectivity index (χ4n) is 2.11. The fourth-order valence-corrected chi connectivity index (χ4v) is 3.03. The molecule has 1 heterocycles. The molecule has 0 aliphatic heterocycles. The van der Waals surface area contributed by atoms with Crippen molar-refractivity contribution in [1.29, 1.82) is 0 Å². The zero-order valence-electron chi connectivity index (χ0n) is 11.9. The average molecular weight is 318 g/mol. The van der Waals surface area contributed by atoms with Crippen LogP contribution in [0.4, 0.5) is 5.13 Å². The molecule has 2 rings (SSSR count). The van der Waals surface area contributed by atoms with Crippen LogP contribution in [0, 0.1) is 11.3 Å². The minimum Gasteiger partial charge on any atom is -0.330 e. The normalized spacial score (nSPS) is 17.9. The van der Waals surface area contributed by atoms with Gasteiger partial charge in [-0.2, -0.15) is 0 Å². The van der Waals surface area contributed by atoms with E-state index >= 15 is 0 Å². The van der Waals surface area contributed by atoms with Crippen LogP contribution in [0.2, 0.25) is 0 Å². The Balaban J connectivity index is 0.00000200. The van der Waals surface area contributed by atoms with Gasteiger partial charge in [-0.3, -0.25) is 9.59 Å². The number of hydrogen-bond donors (Lipinski definition) is 2. The quantitative estimate of drug-likeness (QED) is 0.895. The SMILES string of the molecule is CC(CN)C(=O)Nc1nc2c(s1)C(=O)CC(C)(C)C2.Cl. The zero-order chi connectivity index (χ0) is 14.2. The highest BCUT2D eigenvalue weighted by atomic mass is 35.5. The number of aromatic nitrogens is 1. The predicted molar refractivity (Wildman–Crippen MR) is 82.6 cm³/mol. The van der Waals surface area contributed by atoms with Gasteiger partial charge >= 0.3 is 0 Å². The van der Waals surface area contributed by atoms with E-state index < -0.39 is 0 Å². The number of Topliss-reactive ketones (excluding diaryl/α,β-unsaturated/α-hetero) is 1. The van der Waals surface area contributed by atoms with Gasteiger partial charge in [-0.25, -0.2) is 4.98 Å². The first-order chi connectivity index (χ1) is 8.82. The number of carbonyl (C=O) groups excluding carboxylic acids is 2. The molecular formula is C13H20ClN3O2S. The van der Waals surface area contributed by atoms with E-state index in [1.807, 2.05) is 0 Å². The minimum absolute atomic E-state index is 0. The number of carbonyl (C=O) groups is 2. The fraction of sp³-hybridized carbons (Fsp3) is 0.615. The number of rotatable bonds is 3. The van der Waals surface area contributed by atoms with E-state index in [4.69, 9.17) is 5.73 Å². The van der Waals surface area contributed by atoms with Gasteiger partial charge < -0.3 is 11.1 Å². The number of ketones is 1. The molecule has 0 bridgehead atoms. The lowest BCUT2D eigenvalue weighted by atomic mass is 9.78. The molecule has 1 amide bonds. The van der Waals surface area contributed by atoms with Gasteiger partial charge in [0.2, 0.25) is 5.91 Å². The lowest BCUT2D eigenvalue weighted by Gasteiger charge is -2.26. The standard InChI is InChI=1S/C13H19N3O2S.ClH/c1-7(6-14)11(18)16-12-15-8-4-13(2,3)5-9(17)10(8)19-12;/h7H,4-6,14H2,1-3H3,(H,15,16,18);1H. The van der Waals surface area contributed by atoms with E-state index in [0.717, 1.165) is 12.1 Å². The molecule has 20 heavy (non-hydrogen) atoms. The largest absolute Gasteiger partial charge is 0.330 e. The number of hydrogen-bond acceptors (Lipinski definition) is 5. The summed E-state index contributed by atoms with van der Waals surface area (Å²) in [7, 11) is 0. The second-order valence-electron chi connectivity index (χ2n) is 5.86. The smallest absolute Gasteiger partial charge is 0.230 e. The van der Waals surface area contributed by atoms with Crippen LogP contribution in [0.1, 0.15) is 42.6 Å². The second kappa shape index (κ2) is 6.20. The maximum Gasteiger partial charge on any atom is 0.230 e. The van der Waals surface area contributed by atoms with Gasteiger partial charge in [-0.1, -0.05) is 32.1 Å². The first-order valence-electron chi connectivity index (χ1n) is 6.36. The maximum atomic E-state index is 12.0. The van der Waals surface area contributed by atoms with Gasteiger partial charge in [-0.15, -0.1) is 12.4 Å². The Morgan fingerprint density at radius 2 is 2.15 bits per heavy atom. The van der Waals surface area contributed by atoms with E-state index in [2.05, 4.69) is 24.1 Å². The molecule has 0 saturated heterocycles. The molecule has 112 valence electrons. The van der Waals surface area contributed by atoms with E-state index in [1.54, 1.807) is 6.92 Å². The molecule has 1 aliphatic rings. The van der Waals surface area contributed by atoms with Crippen molar-refractivity contribution in [2.45, 2.75) is 33.6 Å². The number of nitrogens with one attached hydrogen (secondary N) is 1. The number of halogens is 1. The monoisotopic (exact) mass is 317 g/mol. The molecule has 1 aliphatic carbocycles. The highest BCUT2D eigenvalue weighted by Gasteiger charge is 2.34. The first-order valence-corrected chi connectivity index (χ1v) is 7.18. The van der Waals surface area contributed by atoms with E-state index in [9.17, 15) is 9.59 Å². The van der Waals surface area contributed by atoms with Crippen LogP contribution in [0.5, 0.6) is 0 Å². The summed E-state index contributed by atoms with van der Waals surface area (Å²) in [6, 6.07) is 0. The zero-order valence-corrected chi connectivity index (χ0v) is 13.5. The van der Waals surface area contributed by atoms with Gasteiger partial charge in [-0.05, 0) is 11.8 Å². The highest BCUT2D eigenvalue weighted by Crippen LogP contribution is 2.38. The molecule has 5 nitrogen and oxygen atoms in total. The molecule has 1 aromatic rings. The van der Waals surface area contributed by atoms with E-state index in [1.165, 1.54) is 11.3 Å². The summed E-state index contributed by atoms with van der Waals surface area (Å²) in [6.45, 7) is 6.17. The Labute approximate surface area is 128 Å². The van der Waals surface area contributed by atoms with Gasteiger partial charge in [0.05, 0.1) is 10.6 Å². The van der Waals surface area contributed by atoms with Crippen LogP contribution in [0.15, 0.2) is 0 Å². The summed E-state index contributed by atoms with van der Waals surface area (Å²) in [6.07, 6.45) is 1.31. The lowest BCUT2D eigenvalue weighted by Crippen LogP contribution is -2.27. The van der Waals surface area contributed by atoms with Crippen molar-refractivity contribution in [3.63, 3.8) is 0 Å². The molecule has 7 heteroatoms. The molecule has 0 saturated carbocycles. The molecule has 0 fully saturated rings. The third-order valence-corrected chi connectivity index (χ3v) is 4.32. The Bertz CT molecular complexity index is 528. The van der Waals surface area contributed by atoms with Crippen molar-refractivity contribution in [1.82, 2.24) is 4.98 Å². The van der Waals surface area contributed by atoms with Gasteiger partial charge in [0, 0.05) is 18.9 Å². The van der Waals surface area contributed by atoms with Crippen LogP contribution in [-0.2, 0) is 11.2 Å². The Kier molecular flexibility index (Phi) is 5.29. The summed E-state index contributed by atoms with van der Waals surface area (Å²) in [5, 5.41) is 3.24. The number of nitrogens with zero attached hydrogens (tertiary/aromatic N) is 1. The van der Waals surface area contributed by atoms with Crippen LogP contribution in [0.3, 0.4) is 0 Å². The van der Waals surface area contributed by atoms with Crippen molar-refractivity contribution in [3.8, 4) is 0 Å². The minimum atomic E-state index is -0.256. The molecule has 1 aromatic heterocycles. The van der Waals surface area contributed by atoms with Crippen molar-refractivity contribution >= 4 is 40.6 Å². The molecule has 3 N–H and O–H groups in total. The van der Waals surface area contributed by atoms with Crippen LogP contribution < -0.4 is 11.1 Å². The Morgan fingerprint density at radius 3 is 2.75 bits per heavy atom. The Hall–Kier alpha value is -0.980. The average Bonchev–Trinajstić information content (AvgIpc) is 2.68. The molecule has 0 aromatic carbocycles. The molecule has 1 atom stereocenters. The van der Waals surface area contributed by atoms with Gasteiger partial charge in [0.1, 0.15) is 0 Å². The van der Waals surface area contributed by atoms with Crippen molar-refractivity contribution in [3.05, 3.63) is 10.6 Å². The van der Waals surface area contributed by atoms with Crippen molar-refractivity contribution in [2.24, 2.45) is 17.1 Å². The first kappa shape index (κ1) is 17.1. The predicted octanol–water partition coefficient (Wildman–Crippen LogP) is 2.25. The molecular weight excluding hydrogens is 298 g/mol. The second-order valence-corrected chi connectivity index (χ2v) is 6.86. The summed E-state index contributed by atoms with van der Waals surface area (Å²) < 4.78 is 0. The maximum absolute atomic E-state index is 12.0. The summed E-state index contributed by atoms with van der Waals surface area (Å²) >= 11 is 1.27. The van der Waals surface area contributed by atoms with Gasteiger partial charge in [0.25, 0.3) is 0 Å². The van der Waals surface area contributed by atoms with Gasteiger partial charge in [0.15, 0.2) is 10.9 Å². The number of fused-ring (bicyclic) bond motifs is 1. The van der Waals surface area contributed by atoms with Crippen LogP contribution in [0.25, 0.3) is 0 Å². The summed E-state index contributed by atoms with van der Waals surface area (Å²) in [5.74, 6) is -0.288. The highest BCUT2D eigenvalue weighted by molar-refractivity contribution is 7.17. The molecule has 1 unspecified atom stereocenters. The third kappa shape index (κ3) is 3.56. The number of nitrogens with two attached hydrogens (primary N) is 1. The lowest BCUT2D eigenvalue weighted by molar-refractivity contribution is -0.119. The van der Waals surface area contributed by atoms with E-state index in [-0.39, 0.29) is 35.4 Å². The van der Waals surface area contributed by atoms with Crippen LogP contribution in [-0.4, -0.2) is 23.2 Å². The molecule has 0 radical (unpaired) electrons. The number of amides is 1. The van der Waals surface area contributed by atoms with Crippen molar-refractivity contribution < 1.29 is 9.59 Å². The Morgan fingerprint density at radius 1 is 1.50 bits per heavy atom. The summed E-state index contributed by atoms with van der Waals surface area (Å²) in [5.41, 5.74) is 6.21. The van der Waals surface area contributed by atoms with Crippen LogP contribution >= 0.6 is 23.7 Å².